The molecule has 3 rings (SSSR count). The maximum absolute atomic E-state index is 10.2. The Morgan fingerprint density at radius 1 is 1.20 bits per heavy atom. The van der Waals surface area contributed by atoms with Crippen LogP contribution in [-0.4, -0.2) is 30.8 Å². The molecule has 1 aliphatic rings. The molecule has 1 unspecified atom stereocenters. The summed E-state index contributed by atoms with van der Waals surface area (Å²) < 4.78 is 11.2. The summed E-state index contributed by atoms with van der Waals surface area (Å²) in [4.78, 5) is 4.17. The summed E-state index contributed by atoms with van der Waals surface area (Å²) >= 11 is 6.06. The van der Waals surface area contributed by atoms with Crippen LogP contribution >= 0.6 is 11.6 Å². The standard InChI is InChI=1S/C18H20ClN3O3/c19-14-5-2-1-4-13(14)15(23)11-21-18(20)22-12-6-7-16-17(10-12)25-9-3-8-24-16/h1-2,4-7,10,15,23H,3,8-9,11H2,(H3,20,21,22). The van der Waals surface area contributed by atoms with Crippen LogP contribution in [-0.2, 0) is 0 Å². The number of fused-ring (bicyclic) bond motifs is 1. The van der Waals surface area contributed by atoms with Gasteiger partial charge in [-0.2, -0.15) is 0 Å². The Bertz CT molecular complexity index is 767. The first-order chi connectivity index (χ1) is 12.1. The lowest BCUT2D eigenvalue weighted by atomic mass is 10.1. The van der Waals surface area contributed by atoms with Crippen molar-refractivity contribution in [1.29, 1.82) is 0 Å². The van der Waals surface area contributed by atoms with Crippen molar-refractivity contribution in [3.8, 4) is 11.5 Å². The molecule has 2 aromatic rings. The number of aliphatic hydroxyl groups is 1. The van der Waals surface area contributed by atoms with Crippen molar-refractivity contribution in [2.75, 3.05) is 25.1 Å². The Kier molecular flexibility index (Phi) is 5.63. The number of aliphatic imine (C=N–C) groups is 1. The highest BCUT2D eigenvalue weighted by Crippen LogP contribution is 2.32. The normalized spacial score (nSPS) is 15.4. The number of nitrogens with one attached hydrogen (secondary N) is 1. The molecule has 25 heavy (non-hydrogen) atoms. The number of rotatable bonds is 4. The number of guanidine groups is 1. The molecule has 0 radical (unpaired) electrons. The third kappa shape index (κ3) is 4.55. The van der Waals surface area contributed by atoms with Crippen molar-refractivity contribution in [2.45, 2.75) is 12.5 Å². The van der Waals surface area contributed by atoms with E-state index in [1.807, 2.05) is 30.3 Å². The Morgan fingerprint density at radius 3 is 2.76 bits per heavy atom. The van der Waals surface area contributed by atoms with Crippen LogP contribution in [0.1, 0.15) is 18.1 Å². The molecule has 6 nitrogen and oxygen atoms in total. The van der Waals surface area contributed by atoms with Crippen molar-refractivity contribution in [2.24, 2.45) is 10.7 Å². The zero-order chi connectivity index (χ0) is 17.6. The minimum atomic E-state index is -0.821. The van der Waals surface area contributed by atoms with Gasteiger partial charge in [0.15, 0.2) is 17.5 Å². The second kappa shape index (κ2) is 8.09. The van der Waals surface area contributed by atoms with E-state index in [9.17, 15) is 5.11 Å². The van der Waals surface area contributed by atoms with E-state index in [0.717, 1.165) is 12.1 Å². The smallest absolute Gasteiger partial charge is 0.193 e. The summed E-state index contributed by atoms with van der Waals surface area (Å²) in [5, 5.41) is 13.7. The maximum atomic E-state index is 10.2. The first-order valence-electron chi connectivity index (χ1n) is 8.02. The molecule has 0 bridgehead atoms. The second-order valence-corrected chi connectivity index (χ2v) is 6.01. The van der Waals surface area contributed by atoms with Crippen molar-refractivity contribution in [1.82, 2.24) is 0 Å². The Morgan fingerprint density at radius 2 is 1.96 bits per heavy atom. The number of nitrogens with zero attached hydrogens (tertiary/aromatic N) is 1. The Balaban J connectivity index is 1.63. The van der Waals surface area contributed by atoms with Gasteiger partial charge in [0, 0.05) is 28.8 Å². The van der Waals surface area contributed by atoms with Crippen LogP contribution in [0.25, 0.3) is 0 Å². The van der Waals surface area contributed by atoms with E-state index in [-0.39, 0.29) is 12.5 Å². The molecule has 2 aromatic carbocycles. The summed E-state index contributed by atoms with van der Waals surface area (Å²) in [5.74, 6) is 1.58. The largest absolute Gasteiger partial charge is 0.490 e. The molecule has 7 heteroatoms. The average molecular weight is 362 g/mol. The van der Waals surface area contributed by atoms with Gasteiger partial charge in [0.1, 0.15) is 6.10 Å². The second-order valence-electron chi connectivity index (χ2n) is 5.60. The third-order valence-corrected chi connectivity index (χ3v) is 4.06. The van der Waals surface area contributed by atoms with Gasteiger partial charge in [0.25, 0.3) is 0 Å². The van der Waals surface area contributed by atoms with Gasteiger partial charge in [0.2, 0.25) is 0 Å². The predicted octanol–water partition coefficient (Wildman–Crippen LogP) is 2.96. The molecule has 4 N–H and O–H groups in total. The average Bonchev–Trinajstić information content (AvgIpc) is 2.85. The van der Waals surface area contributed by atoms with Crippen LogP contribution in [0.15, 0.2) is 47.5 Å². The molecule has 0 saturated heterocycles. The number of nitrogens with two attached hydrogens (primary N) is 1. The van der Waals surface area contributed by atoms with Crippen LogP contribution < -0.4 is 20.5 Å². The van der Waals surface area contributed by atoms with Crippen molar-refractivity contribution in [3.05, 3.63) is 53.1 Å². The fourth-order valence-electron chi connectivity index (χ4n) is 2.46. The van der Waals surface area contributed by atoms with Gasteiger partial charge in [-0.05, 0) is 18.2 Å². The molecule has 132 valence electrons. The van der Waals surface area contributed by atoms with Gasteiger partial charge < -0.3 is 25.6 Å². The number of benzene rings is 2. The van der Waals surface area contributed by atoms with Crippen molar-refractivity contribution < 1.29 is 14.6 Å². The Hall–Kier alpha value is -2.44. The van der Waals surface area contributed by atoms with Crippen molar-refractivity contribution in [3.63, 3.8) is 0 Å². The molecular weight excluding hydrogens is 342 g/mol. The molecular formula is C18H20ClN3O3. The van der Waals surface area contributed by atoms with Crippen LogP contribution in [0.5, 0.6) is 11.5 Å². The molecule has 0 aromatic heterocycles. The predicted molar refractivity (Wildman–Crippen MR) is 98.6 cm³/mol. The van der Waals surface area contributed by atoms with E-state index in [1.165, 1.54) is 0 Å². The zero-order valence-electron chi connectivity index (χ0n) is 13.6. The van der Waals surface area contributed by atoms with E-state index >= 15 is 0 Å². The van der Waals surface area contributed by atoms with Crippen LogP contribution in [0.3, 0.4) is 0 Å². The van der Waals surface area contributed by atoms with Gasteiger partial charge in [-0.3, -0.25) is 4.99 Å². The molecule has 1 heterocycles. The van der Waals surface area contributed by atoms with E-state index in [4.69, 9.17) is 26.8 Å². The minimum absolute atomic E-state index is 0.104. The summed E-state index contributed by atoms with van der Waals surface area (Å²) in [5.41, 5.74) is 7.26. The molecule has 0 spiro atoms. The number of halogens is 1. The molecule has 1 aliphatic heterocycles. The van der Waals surface area contributed by atoms with Gasteiger partial charge in [-0.25, -0.2) is 0 Å². The number of ether oxygens (including phenoxy) is 2. The summed E-state index contributed by atoms with van der Waals surface area (Å²) in [6.07, 6.45) is 0.0267. The fraction of sp³-hybridized carbons (Fsp3) is 0.278. The molecule has 0 aliphatic carbocycles. The zero-order valence-corrected chi connectivity index (χ0v) is 14.4. The topological polar surface area (TPSA) is 89.1 Å². The van der Waals surface area contributed by atoms with Crippen LogP contribution in [0, 0.1) is 0 Å². The first kappa shape index (κ1) is 17.4. The quantitative estimate of drug-likeness (QED) is 0.575. The third-order valence-electron chi connectivity index (χ3n) is 3.72. The first-order valence-corrected chi connectivity index (χ1v) is 8.40. The van der Waals surface area contributed by atoms with E-state index in [1.54, 1.807) is 12.1 Å². The molecule has 1 atom stereocenters. The number of hydrogen-bond donors (Lipinski definition) is 3. The van der Waals surface area contributed by atoms with Gasteiger partial charge in [-0.15, -0.1) is 0 Å². The minimum Gasteiger partial charge on any atom is -0.490 e. The highest BCUT2D eigenvalue weighted by Gasteiger charge is 2.12. The fourth-order valence-corrected chi connectivity index (χ4v) is 2.72. The number of hydrogen-bond acceptors (Lipinski definition) is 4. The Labute approximate surface area is 151 Å². The van der Waals surface area contributed by atoms with Gasteiger partial charge in [-0.1, -0.05) is 29.8 Å². The van der Waals surface area contributed by atoms with Gasteiger partial charge in [0.05, 0.1) is 19.8 Å². The molecule has 0 saturated carbocycles. The van der Waals surface area contributed by atoms with E-state index < -0.39 is 6.10 Å². The number of aliphatic hydroxyl groups excluding tert-OH is 1. The highest BCUT2D eigenvalue weighted by molar-refractivity contribution is 6.31. The lowest BCUT2D eigenvalue weighted by molar-refractivity contribution is 0.187. The van der Waals surface area contributed by atoms with Crippen LogP contribution in [0.2, 0.25) is 5.02 Å². The lowest BCUT2D eigenvalue weighted by Crippen LogP contribution is -2.23. The lowest BCUT2D eigenvalue weighted by Gasteiger charge is -2.12. The summed E-state index contributed by atoms with van der Waals surface area (Å²) in [7, 11) is 0. The van der Waals surface area contributed by atoms with E-state index in [0.29, 0.717) is 35.3 Å². The molecule has 0 fully saturated rings. The van der Waals surface area contributed by atoms with Crippen LogP contribution in [0.4, 0.5) is 5.69 Å². The monoisotopic (exact) mass is 361 g/mol. The van der Waals surface area contributed by atoms with E-state index in [2.05, 4.69) is 10.3 Å². The van der Waals surface area contributed by atoms with Gasteiger partial charge >= 0.3 is 0 Å². The van der Waals surface area contributed by atoms with Crippen molar-refractivity contribution >= 4 is 23.2 Å². The summed E-state index contributed by atoms with van der Waals surface area (Å²) in [6, 6.07) is 12.6. The summed E-state index contributed by atoms with van der Waals surface area (Å²) in [6.45, 7) is 1.36. The number of anilines is 1. The molecule has 0 amide bonds. The SMILES string of the molecule is NC(=NCC(O)c1ccccc1Cl)Nc1ccc2c(c1)OCCCO2. The maximum Gasteiger partial charge on any atom is 0.193 e. The highest BCUT2D eigenvalue weighted by atomic mass is 35.5.